The first kappa shape index (κ1) is 49.1. The third kappa shape index (κ3) is 14.4. The number of nitrogens with zero attached hydrogens (tertiary/aromatic N) is 2. The monoisotopic (exact) mass is 816 g/mol. The molecular formula is C44H66Cl2N4O6. The Morgan fingerprint density at radius 3 is 1.91 bits per heavy atom. The number of rotatable bonds is 26. The predicted molar refractivity (Wildman–Crippen MR) is 217 cm³/mol. The van der Waals surface area contributed by atoms with Crippen LogP contribution in [-0.2, 0) is 39.3 Å². The fourth-order valence-electron chi connectivity index (χ4n) is 7.21. The lowest BCUT2D eigenvalue weighted by Crippen LogP contribution is -3.00. The predicted octanol–water partition coefficient (Wildman–Crippen LogP) is -0.504. The highest BCUT2D eigenvalue weighted by atomic mass is 35.5. The van der Waals surface area contributed by atoms with Gasteiger partial charge in [0.25, 0.3) is 0 Å². The number of nitrogens with one attached hydrogen (secondary N) is 1. The van der Waals surface area contributed by atoms with Crippen molar-refractivity contribution in [1.29, 1.82) is 0 Å². The van der Waals surface area contributed by atoms with E-state index < -0.39 is 0 Å². The first-order valence-electron chi connectivity index (χ1n) is 19.8. The lowest BCUT2D eigenvalue weighted by Gasteiger charge is -2.27. The SMILES string of the molecule is C[N+]1=C(\C=C/C=C/C=C2/N(CCCCCC(=O)NCCOCCOCCOCCOCCOCC[NH3+])c3ccccc3C2(C)C)C(C)(C)c2ccccc21.[Cl-].[Cl-]. The van der Waals surface area contributed by atoms with Crippen molar-refractivity contribution >= 4 is 23.0 Å². The van der Waals surface area contributed by atoms with E-state index in [-0.39, 0.29) is 41.6 Å². The number of carbonyl (C=O) groups is 1. The zero-order valence-electron chi connectivity index (χ0n) is 34.3. The molecule has 2 aliphatic rings. The maximum absolute atomic E-state index is 12.4. The van der Waals surface area contributed by atoms with Crippen molar-refractivity contribution in [1.82, 2.24) is 5.32 Å². The largest absolute Gasteiger partial charge is 1.00 e. The van der Waals surface area contributed by atoms with Crippen LogP contribution in [0.3, 0.4) is 0 Å². The Hall–Kier alpha value is -3.06. The Labute approximate surface area is 348 Å². The minimum absolute atomic E-state index is 0. The number of carbonyl (C=O) groups excluding carboxylic acids is 1. The smallest absolute Gasteiger partial charge is 0.220 e. The quantitative estimate of drug-likeness (QED) is 0.0750. The number of hydrogen-bond donors (Lipinski definition) is 2. The summed E-state index contributed by atoms with van der Waals surface area (Å²) in [5.41, 5.74) is 11.4. The first-order chi connectivity index (χ1) is 26.2. The van der Waals surface area contributed by atoms with Crippen molar-refractivity contribution in [3.63, 3.8) is 0 Å². The van der Waals surface area contributed by atoms with Gasteiger partial charge in [0.2, 0.25) is 11.6 Å². The average Bonchev–Trinajstić information content (AvgIpc) is 3.50. The van der Waals surface area contributed by atoms with Gasteiger partial charge < -0.3 is 64.4 Å². The van der Waals surface area contributed by atoms with E-state index in [0.717, 1.165) is 32.4 Å². The van der Waals surface area contributed by atoms with E-state index in [1.807, 2.05) is 0 Å². The molecule has 312 valence electrons. The minimum atomic E-state index is -0.102. The molecule has 12 heteroatoms. The summed E-state index contributed by atoms with van der Waals surface area (Å²) in [7, 11) is 2.15. The number of quaternary nitrogens is 1. The summed E-state index contributed by atoms with van der Waals surface area (Å²) in [6.07, 6.45) is 14.4. The number of anilines is 1. The lowest BCUT2D eigenvalue weighted by atomic mass is 9.81. The van der Waals surface area contributed by atoms with E-state index >= 15 is 0 Å². The normalized spacial score (nSPS) is 16.0. The van der Waals surface area contributed by atoms with Crippen molar-refractivity contribution in [2.45, 2.75) is 64.2 Å². The summed E-state index contributed by atoms with van der Waals surface area (Å²) in [4.78, 5) is 14.9. The molecule has 0 saturated carbocycles. The maximum Gasteiger partial charge on any atom is 0.220 e. The summed E-state index contributed by atoms with van der Waals surface area (Å²) >= 11 is 0. The summed E-state index contributed by atoms with van der Waals surface area (Å²) in [6, 6.07) is 17.4. The van der Waals surface area contributed by atoms with Crippen LogP contribution >= 0.6 is 0 Å². The number of fused-ring (bicyclic) bond motifs is 2. The van der Waals surface area contributed by atoms with Crippen molar-refractivity contribution in [3.8, 4) is 0 Å². The molecule has 0 radical (unpaired) electrons. The number of halogens is 2. The van der Waals surface area contributed by atoms with Crippen LogP contribution in [0.25, 0.3) is 0 Å². The molecule has 10 nitrogen and oxygen atoms in total. The fourth-order valence-corrected chi connectivity index (χ4v) is 7.21. The number of para-hydroxylation sites is 2. The Kier molecular flexibility index (Phi) is 22.8. The zero-order chi connectivity index (χ0) is 38.7. The Morgan fingerprint density at radius 2 is 1.29 bits per heavy atom. The van der Waals surface area contributed by atoms with Crippen molar-refractivity contribution in [3.05, 3.63) is 95.7 Å². The fraction of sp³-hybridized carbons (Fsp3) is 0.545. The van der Waals surface area contributed by atoms with E-state index in [1.165, 1.54) is 33.9 Å². The second kappa shape index (κ2) is 26.0. The highest BCUT2D eigenvalue weighted by Crippen LogP contribution is 2.47. The number of benzene rings is 2. The molecule has 0 aromatic heterocycles. The van der Waals surface area contributed by atoms with Crippen molar-refractivity contribution in [2.24, 2.45) is 0 Å². The Balaban J connectivity index is 0.00000541. The van der Waals surface area contributed by atoms with Crippen molar-refractivity contribution < 1.29 is 63.6 Å². The number of unbranched alkanes of at least 4 members (excludes halogenated alkanes) is 2. The van der Waals surface area contributed by atoms with Crippen LogP contribution in [0.1, 0.15) is 64.5 Å². The van der Waals surface area contributed by atoms with Crippen LogP contribution in [0, 0.1) is 0 Å². The molecule has 1 amide bonds. The number of allylic oxidation sites excluding steroid dienone is 6. The van der Waals surface area contributed by atoms with Gasteiger partial charge in [0.1, 0.15) is 7.05 Å². The van der Waals surface area contributed by atoms with Crippen molar-refractivity contribution in [2.75, 3.05) is 97.7 Å². The lowest BCUT2D eigenvalue weighted by molar-refractivity contribution is -0.401. The number of ether oxygens (including phenoxy) is 5. The molecule has 0 bridgehead atoms. The van der Waals surface area contributed by atoms with Gasteiger partial charge in [0.15, 0.2) is 5.71 Å². The Morgan fingerprint density at radius 1 is 0.714 bits per heavy atom. The molecular weight excluding hydrogens is 751 g/mol. The van der Waals surface area contributed by atoms with Gasteiger partial charge in [0, 0.05) is 54.0 Å². The molecule has 0 saturated heterocycles. The zero-order valence-corrected chi connectivity index (χ0v) is 35.8. The van der Waals surface area contributed by atoms with E-state index in [9.17, 15) is 4.79 Å². The summed E-state index contributed by atoms with van der Waals surface area (Å²) < 4.78 is 29.6. The third-order valence-electron chi connectivity index (χ3n) is 10.1. The van der Waals surface area contributed by atoms with E-state index in [4.69, 9.17) is 23.7 Å². The van der Waals surface area contributed by atoms with E-state index in [0.29, 0.717) is 79.0 Å². The van der Waals surface area contributed by atoms with Crippen LogP contribution in [-0.4, -0.2) is 109 Å². The highest BCUT2D eigenvalue weighted by Gasteiger charge is 2.42. The van der Waals surface area contributed by atoms with Gasteiger partial charge in [-0.25, -0.2) is 0 Å². The topological polar surface area (TPSA) is 109 Å². The molecule has 2 aromatic carbocycles. The standard InChI is InChI=1S/C44H64N4O6.2ClH/c1-43(2)36-16-11-13-18-38(36)47(5)40(43)20-8-6-9-21-41-44(3,4)37-17-12-14-19-39(37)48(41)25-15-7-10-22-42(49)46-24-27-51-29-31-53-33-35-54-34-32-52-30-28-50-26-23-45;;/h6,8-9,11-14,16-21H,7,10,15,22-35,45H2,1-5H3;2*1H. The first-order valence-corrected chi connectivity index (χ1v) is 19.8. The number of amides is 1. The van der Waals surface area contributed by atoms with E-state index in [2.05, 4.69) is 134 Å². The second-order valence-electron chi connectivity index (χ2n) is 14.8. The van der Waals surface area contributed by atoms with Gasteiger partial charge in [-0.3, -0.25) is 4.79 Å². The molecule has 2 heterocycles. The molecule has 4 rings (SSSR count). The Bertz CT molecular complexity index is 1590. The molecule has 4 N–H and O–H groups in total. The summed E-state index contributed by atoms with van der Waals surface area (Å²) in [5.74, 6) is 0.0717. The molecule has 2 aromatic rings. The van der Waals surface area contributed by atoms with E-state index in [1.54, 1.807) is 0 Å². The number of hydrogen-bond acceptors (Lipinski definition) is 7. The minimum Gasteiger partial charge on any atom is -1.00 e. The van der Waals surface area contributed by atoms with Gasteiger partial charge >= 0.3 is 0 Å². The third-order valence-corrected chi connectivity index (χ3v) is 10.1. The maximum atomic E-state index is 12.4. The summed E-state index contributed by atoms with van der Waals surface area (Å²) in [5, 5.41) is 2.97. The molecule has 0 unspecified atom stereocenters. The van der Waals surface area contributed by atoms with Gasteiger partial charge in [-0.05, 0) is 44.4 Å². The molecule has 0 aliphatic carbocycles. The van der Waals surface area contributed by atoms with Crippen LogP contribution in [0.15, 0.2) is 84.6 Å². The molecule has 0 fully saturated rings. The van der Waals surface area contributed by atoms with Gasteiger partial charge in [-0.2, -0.15) is 4.58 Å². The van der Waals surface area contributed by atoms with Crippen LogP contribution in [0.4, 0.5) is 11.4 Å². The van der Waals surface area contributed by atoms with Gasteiger partial charge in [-0.1, -0.05) is 74.9 Å². The molecule has 56 heavy (non-hydrogen) atoms. The van der Waals surface area contributed by atoms with Crippen LogP contribution in [0.5, 0.6) is 0 Å². The molecule has 2 aliphatic heterocycles. The van der Waals surface area contributed by atoms with Crippen LogP contribution in [0.2, 0.25) is 0 Å². The van der Waals surface area contributed by atoms with Crippen LogP contribution < -0.4 is 40.8 Å². The van der Waals surface area contributed by atoms with Gasteiger partial charge in [0.05, 0.1) is 78.0 Å². The molecule has 0 spiro atoms. The van der Waals surface area contributed by atoms with Gasteiger partial charge in [-0.15, -0.1) is 0 Å². The average molecular weight is 818 g/mol. The highest BCUT2D eigenvalue weighted by molar-refractivity contribution is 6.03. The molecule has 0 atom stereocenters. The summed E-state index contributed by atoms with van der Waals surface area (Å²) in [6.45, 7) is 16.7. The second-order valence-corrected chi connectivity index (χ2v) is 14.8.